The van der Waals surface area contributed by atoms with Gasteiger partial charge in [0.05, 0.1) is 12.8 Å². The molecule has 138 valence electrons. The Labute approximate surface area is 150 Å². The average molecular weight is 377 g/mol. The molecule has 0 atom stereocenters. The standard InChI is InChI=1S/C17H19N3O5S/c1-26(23,24)20(18)17(22)13-6-4-8-19(10-13)11-14(21)16-9-12-5-2-3-7-15(12)25-16/h2-3,5-7,9H,4,8,10-11,18H2,1H3. The highest BCUT2D eigenvalue weighted by Gasteiger charge is 2.27. The van der Waals surface area contributed by atoms with Crippen LogP contribution in [0.4, 0.5) is 0 Å². The Hall–Kier alpha value is -2.49. The first kappa shape index (κ1) is 18.3. The third-order valence-corrected chi connectivity index (χ3v) is 5.01. The Morgan fingerprint density at radius 1 is 1.31 bits per heavy atom. The Kier molecular flexibility index (Phi) is 4.94. The van der Waals surface area contributed by atoms with Crippen LogP contribution in [0.25, 0.3) is 11.0 Å². The SMILES string of the molecule is CS(=O)(=O)N(N)C(=O)C1=CCCN(CC(=O)c2cc3ccccc3o2)C1. The van der Waals surface area contributed by atoms with E-state index in [9.17, 15) is 18.0 Å². The monoisotopic (exact) mass is 377 g/mol. The number of nitrogens with two attached hydrogens (primary N) is 1. The van der Waals surface area contributed by atoms with Crippen LogP contribution in [-0.2, 0) is 14.8 Å². The molecule has 0 bridgehead atoms. The molecule has 3 rings (SSSR count). The van der Waals surface area contributed by atoms with Crippen LogP contribution < -0.4 is 5.84 Å². The maximum atomic E-state index is 12.5. The summed E-state index contributed by atoms with van der Waals surface area (Å²) in [4.78, 5) is 26.4. The normalized spacial score (nSPS) is 15.7. The third-order valence-electron chi connectivity index (χ3n) is 4.13. The summed E-state index contributed by atoms with van der Waals surface area (Å²) in [5, 5.41) is 0.845. The average Bonchev–Trinajstić information content (AvgIpc) is 3.04. The lowest BCUT2D eigenvalue weighted by atomic mass is 10.1. The zero-order chi connectivity index (χ0) is 18.9. The summed E-state index contributed by atoms with van der Waals surface area (Å²) >= 11 is 0. The number of rotatable bonds is 5. The maximum Gasteiger partial charge on any atom is 0.278 e. The summed E-state index contributed by atoms with van der Waals surface area (Å²) in [7, 11) is -3.83. The van der Waals surface area contributed by atoms with Crippen LogP contribution in [0.1, 0.15) is 17.0 Å². The molecule has 2 N–H and O–H groups in total. The summed E-state index contributed by atoms with van der Waals surface area (Å²) < 4.78 is 28.6. The minimum atomic E-state index is -3.83. The minimum Gasteiger partial charge on any atom is -0.453 e. The number of para-hydroxylation sites is 1. The first-order chi connectivity index (χ1) is 12.3. The lowest BCUT2D eigenvalue weighted by Crippen LogP contribution is -2.46. The minimum absolute atomic E-state index is 0.0634. The van der Waals surface area contributed by atoms with Gasteiger partial charge < -0.3 is 4.42 Å². The van der Waals surface area contributed by atoms with Crippen molar-refractivity contribution in [3.8, 4) is 0 Å². The fourth-order valence-corrected chi connectivity index (χ4v) is 3.21. The zero-order valence-electron chi connectivity index (χ0n) is 14.2. The van der Waals surface area contributed by atoms with Crippen molar-refractivity contribution in [2.45, 2.75) is 6.42 Å². The van der Waals surface area contributed by atoms with Gasteiger partial charge >= 0.3 is 0 Å². The Morgan fingerprint density at radius 2 is 2.04 bits per heavy atom. The highest BCUT2D eigenvalue weighted by atomic mass is 32.2. The van der Waals surface area contributed by atoms with Crippen molar-refractivity contribution in [3.05, 3.63) is 47.7 Å². The molecular formula is C17H19N3O5S. The van der Waals surface area contributed by atoms with Crippen molar-refractivity contribution in [1.82, 2.24) is 9.31 Å². The summed E-state index contributed by atoms with van der Waals surface area (Å²) in [6.07, 6.45) is 3.03. The Balaban J connectivity index is 1.68. The number of Topliss-reactive ketones (excluding diaryl/α,β-unsaturated/α-hetero) is 1. The smallest absolute Gasteiger partial charge is 0.278 e. The number of carbonyl (C=O) groups is 2. The zero-order valence-corrected chi connectivity index (χ0v) is 15.0. The second-order valence-electron chi connectivity index (χ2n) is 6.16. The van der Waals surface area contributed by atoms with Crippen LogP contribution in [-0.4, -0.2) is 55.3 Å². The highest BCUT2D eigenvalue weighted by Crippen LogP contribution is 2.20. The van der Waals surface area contributed by atoms with Gasteiger partial charge in [0.25, 0.3) is 5.91 Å². The van der Waals surface area contributed by atoms with E-state index >= 15 is 0 Å². The molecule has 0 fully saturated rings. The number of furan rings is 1. The number of sulfonamides is 1. The molecule has 1 aliphatic rings. The molecule has 0 saturated heterocycles. The molecule has 0 spiro atoms. The van der Waals surface area contributed by atoms with E-state index in [4.69, 9.17) is 10.3 Å². The molecular weight excluding hydrogens is 358 g/mol. The van der Waals surface area contributed by atoms with Crippen molar-refractivity contribution in [3.63, 3.8) is 0 Å². The second-order valence-corrected chi connectivity index (χ2v) is 8.02. The molecule has 1 aromatic carbocycles. The van der Waals surface area contributed by atoms with E-state index in [-0.39, 0.29) is 34.6 Å². The van der Waals surface area contributed by atoms with Gasteiger partial charge in [0, 0.05) is 24.0 Å². The number of nitrogens with zero attached hydrogens (tertiary/aromatic N) is 2. The topological polar surface area (TPSA) is 114 Å². The van der Waals surface area contributed by atoms with Crippen molar-refractivity contribution in [2.75, 3.05) is 25.9 Å². The maximum absolute atomic E-state index is 12.5. The number of hydrazine groups is 1. The van der Waals surface area contributed by atoms with Crippen LogP contribution in [0.2, 0.25) is 0 Å². The molecule has 8 nitrogen and oxygen atoms in total. The van der Waals surface area contributed by atoms with Crippen molar-refractivity contribution in [2.24, 2.45) is 5.84 Å². The number of hydrogen-bond acceptors (Lipinski definition) is 7. The largest absolute Gasteiger partial charge is 0.453 e. The first-order valence-electron chi connectivity index (χ1n) is 7.98. The molecule has 1 aromatic heterocycles. The number of ketones is 1. The van der Waals surface area contributed by atoms with Crippen LogP contribution >= 0.6 is 0 Å². The van der Waals surface area contributed by atoms with Gasteiger partial charge in [0.15, 0.2) is 5.76 Å². The molecule has 2 aromatic rings. The lowest BCUT2D eigenvalue weighted by molar-refractivity contribution is -0.123. The number of fused-ring (bicyclic) bond motifs is 1. The third kappa shape index (κ3) is 3.85. The van der Waals surface area contributed by atoms with Crippen LogP contribution in [0.5, 0.6) is 0 Å². The molecule has 0 saturated carbocycles. The number of hydrogen-bond donors (Lipinski definition) is 1. The molecule has 0 unspecified atom stereocenters. The van der Waals surface area contributed by atoms with E-state index in [0.717, 1.165) is 11.6 Å². The summed E-state index contributed by atoms with van der Waals surface area (Å²) in [5.74, 6) is 4.63. The number of carbonyl (C=O) groups excluding carboxylic acids is 2. The molecule has 9 heteroatoms. The summed E-state index contributed by atoms with van der Waals surface area (Å²) in [5.41, 5.74) is 0.888. The second kappa shape index (κ2) is 7.02. The lowest BCUT2D eigenvalue weighted by Gasteiger charge is -2.27. The molecule has 0 radical (unpaired) electrons. The van der Waals surface area contributed by atoms with Gasteiger partial charge in [-0.05, 0) is 18.6 Å². The van der Waals surface area contributed by atoms with Gasteiger partial charge in [-0.25, -0.2) is 14.3 Å². The van der Waals surface area contributed by atoms with E-state index in [1.165, 1.54) is 0 Å². The van der Waals surface area contributed by atoms with E-state index in [1.807, 2.05) is 18.2 Å². The summed E-state index contributed by atoms with van der Waals surface area (Å²) in [6, 6.07) is 9.02. The molecule has 26 heavy (non-hydrogen) atoms. The van der Waals surface area contributed by atoms with Gasteiger partial charge in [-0.1, -0.05) is 24.3 Å². The van der Waals surface area contributed by atoms with Crippen LogP contribution in [0.15, 0.2) is 46.4 Å². The quantitative estimate of drug-likeness (QED) is 0.356. The van der Waals surface area contributed by atoms with Gasteiger partial charge in [0.2, 0.25) is 15.8 Å². The highest BCUT2D eigenvalue weighted by molar-refractivity contribution is 7.88. The van der Waals surface area contributed by atoms with Gasteiger partial charge in [0.1, 0.15) is 5.58 Å². The van der Waals surface area contributed by atoms with E-state index in [0.29, 0.717) is 18.5 Å². The van der Waals surface area contributed by atoms with E-state index in [2.05, 4.69) is 0 Å². The van der Waals surface area contributed by atoms with Crippen molar-refractivity contribution in [1.29, 1.82) is 0 Å². The van der Waals surface area contributed by atoms with E-state index < -0.39 is 15.9 Å². The fraction of sp³-hybridized carbons (Fsp3) is 0.294. The summed E-state index contributed by atoms with van der Waals surface area (Å²) in [6.45, 7) is 0.786. The van der Waals surface area contributed by atoms with Gasteiger partial charge in [-0.3, -0.25) is 14.5 Å². The number of amides is 1. The van der Waals surface area contributed by atoms with Crippen LogP contribution in [0, 0.1) is 0 Å². The van der Waals surface area contributed by atoms with Gasteiger partial charge in [-0.2, -0.15) is 4.41 Å². The van der Waals surface area contributed by atoms with E-state index in [1.54, 1.807) is 23.1 Å². The number of benzene rings is 1. The molecule has 2 heterocycles. The fourth-order valence-electron chi connectivity index (χ4n) is 2.79. The predicted molar refractivity (Wildman–Crippen MR) is 95.6 cm³/mol. The van der Waals surface area contributed by atoms with Gasteiger partial charge in [-0.15, -0.1) is 0 Å². The first-order valence-corrected chi connectivity index (χ1v) is 9.83. The van der Waals surface area contributed by atoms with Crippen molar-refractivity contribution >= 4 is 32.7 Å². The molecule has 0 aliphatic carbocycles. The Morgan fingerprint density at radius 3 is 2.73 bits per heavy atom. The molecule has 1 amide bonds. The van der Waals surface area contributed by atoms with Crippen molar-refractivity contribution < 1.29 is 22.4 Å². The Bertz CT molecular complexity index is 960. The molecule has 1 aliphatic heterocycles. The van der Waals surface area contributed by atoms with Crippen LogP contribution in [0.3, 0.4) is 0 Å². The predicted octanol–water partition coefficient (Wildman–Crippen LogP) is 0.909.